The summed E-state index contributed by atoms with van der Waals surface area (Å²) in [6, 6.07) is 9.17. The number of nitro benzene ring substituents is 1. The molecule has 21 heavy (non-hydrogen) atoms. The van der Waals surface area contributed by atoms with Crippen LogP contribution in [-0.4, -0.2) is 14.4 Å². The lowest BCUT2D eigenvalue weighted by molar-refractivity contribution is -0.402. The Labute approximate surface area is 117 Å². The Morgan fingerprint density at radius 3 is 2.52 bits per heavy atom. The van der Waals surface area contributed by atoms with E-state index in [-0.39, 0.29) is 18.1 Å². The number of aromatic nitrogens is 1. The molecule has 0 saturated carbocycles. The van der Waals surface area contributed by atoms with Crippen LogP contribution in [0.4, 0.5) is 11.6 Å². The first-order valence-electron chi connectivity index (χ1n) is 6.01. The number of furan rings is 1. The summed E-state index contributed by atoms with van der Waals surface area (Å²) in [6.45, 7) is 0.262. The molecule has 0 fully saturated rings. The SMILES string of the molecule is O=[N+]([O-])c1ccc2ccn(Cc3ccc([N+](=O)[O-])o3)c2c1. The van der Waals surface area contributed by atoms with Gasteiger partial charge in [-0.05, 0) is 18.2 Å². The third-order valence-electron chi connectivity index (χ3n) is 3.12. The maximum absolute atomic E-state index is 10.8. The van der Waals surface area contributed by atoms with Crippen LogP contribution in [0.3, 0.4) is 0 Å². The van der Waals surface area contributed by atoms with Crippen molar-refractivity contribution in [1.82, 2.24) is 4.57 Å². The Hall–Kier alpha value is -3.16. The van der Waals surface area contributed by atoms with Crippen LogP contribution in [0.1, 0.15) is 5.76 Å². The van der Waals surface area contributed by atoms with E-state index in [0.717, 1.165) is 5.39 Å². The summed E-state index contributed by atoms with van der Waals surface area (Å²) in [5.41, 5.74) is 0.663. The summed E-state index contributed by atoms with van der Waals surface area (Å²) >= 11 is 0. The van der Waals surface area contributed by atoms with Gasteiger partial charge in [0.2, 0.25) is 0 Å². The van der Waals surface area contributed by atoms with Crippen molar-refractivity contribution in [2.45, 2.75) is 6.54 Å². The molecule has 0 amide bonds. The fraction of sp³-hybridized carbons (Fsp3) is 0.0769. The third-order valence-corrected chi connectivity index (χ3v) is 3.12. The van der Waals surface area contributed by atoms with Crippen molar-refractivity contribution < 1.29 is 14.3 Å². The predicted octanol–water partition coefficient (Wildman–Crippen LogP) is 3.10. The summed E-state index contributed by atoms with van der Waals surface area (Å²) in [5, 5.41) is 22.2. The first-order valence-corrected chi connectivity index (χ1v) is 6.01. The highest BCUT2D eigenvalue weighted by atomic mass is 16.6. The molecule has 0 unspecified atom stereocenters. The van der Waals surface area contributed by atoms with E-state index >= 15 is 0 Å². The first kappa shape index (κ1) is 12.9. The molecule has 0 aliphatic heterocycles. The number of nitrogens with zero attached hydrogens (tertiary/aromatic N) is 3. The second-order valence-electron chi connectivity index (χ2n) is 4.44. The predicted molar refractivity (Wildman–Crippen MR) is 73.1 cm³/mol. The number of hydrogen-bond donors (Lipinski definition) is 0. The number of rotatable bonds is 4. The van der Waals surface area contributed by atoms with E-state index in [1.165, 1.54) is 24.3 Å². The van der Waals surface area contributed by atoms with Crippen LogP contribution < -0.4 is 0 Å². The number of hydrogen-bond acceptors (Lipinski definition) is 5. The summed E-state index contributed by atoms with van der Waals surface area (Å²) in [6.07, 6.45) is 1.75. The van der Waals surface area contributed by atoms with Crippen LogP contribution in [0, 0.1) is 20.2 Å². The van der Waals surface area contributed by atoms with Crippen molar-refractivity contribution in [2.24, 2.45) is 0 Å². The van der Waals surface area contributed by atoms with E-state index in [1.807, 2.05) is 6.07 Å². The van der Waals surface area contributed by atoms with E-state index in [9.17, 15) is 20.2 Å². The molecular formula is C13H9N3O5. The Bertz CT molecular complexity index is 848. The fourth-order valence-corrected chi connectivity index (χ4v) is 2.14. The van der Waals surface area contributed by atoms with Gasteiger partial charge in [-0.3, -0.25) is 20.2 Å². The van der Waals surface area contributed by atoms with Gasteiger partial charge in [-0.15, -0.1) is 0 Å². The number of benzene rings is 1. The highest BCUT2D eigenvalue weighted by Crippen LogP contribution is 2.24. The van der Waals surface area contributed by atoms with Crippen LogP contribution in [-0.2, 0) is 6.54 Å². The molecule has 3 aromatic rings. The summed E-state index contributed by atoms with van der Waals surface area (Å²) in [7, 11) is 0. The van der Waals surface area contributed by atoms with Gasteiger partial charge in [0.1, 0.15) is 10.7 Å². The zero-order valence-corrected chi connectivity index (χ0v) is 10.6. The van der Waals surface area contributed by atoms with Crippen LogP contribution in [0.25, 0.3) is 10.9 Å². The van der Waals surface area contributed by atoms with Crippen LogP contribution in [0.5, 0.6) is 0 Å². The molecule has 2 aromatic heterocycles. The minimum absolute atomic E-state index is 0.00660. The molecule has 8 nitrogen and oxygen atoms in total. The third kappa shape index (κ3) is 2.34. The second-order valence-corrected chi connectivity index (χ2v) is 4.44. The second kappa shape index (κ2) is 4.75. The van der Waals surface area contributed by atoms with Crippen molar-refractivity contribution in [3.8, 4) is 0 Å². The van der Waals surface area contributed by atoms with Crippen molar-refractivity contribution in [1.29, 1.82) is 0 Å². The maximum atomic E-state index is 10.8. The monoisotopic (exact) mass is 287 g/mol. The molecule has 0 radical (unpaired) electrons. The van der Waals surface area contributed by atoms with Gasteiger partial charge in [0.15, 0.2) is 0 Å². The molecule has 2 heterocycles. The van der Waals surface area contributed by atoms with E-state index < -0.39 is 9.85 Å². The van der Waals surface area contributed by atoms with E-state index in [2.05, 4.69) is 0 Å². The minimum atomic E-state index is -0.609. The molecule has 0 N–H and O–H groups in total. The zero-order valence-electron chi connectivity index (χ0n) is 10.6. The van der Waals surface area contributed by atoms with Gasteiger partial charge < -0.3 is 8.98 Å². The van der Waals surface area contributed by atoms with Gasteiger partial charge >= 0.3 is 5.88 Å². The molecule has 1 aromatic carbocycles. The maximum Gasteiger partial charge on any atom is 0.433 e. The average molecular weight is 287 g/mol. The molecule has 106 valence electrons. The fourth-order valence-electron chi connectivity index (χ4n) is 2.14. The summed E-state index contributed by atoms with van der Waals surface area (Å²) in [5.74, 6) is 0.0816. The Morgan fingerprint density at radius 2 is 1.86 bits per heavy atom. The van der Waals surface area contributed by atoms with Gasteiger partial charge in [0, 0.05) is 23.7 Å². The van der Waals surface area contributed by atoms with Gasteiger partial charge in [0.05, 0.1) is 23.1 Å². The van der Waals surface area contributed by atoms with Crippen molar-refractivity contribution in [3.63, 3.8) is 0 Å². The summed E-state index contributed by atoms with van der Waals surface area (Å²) < 4.78 is 6.83. The molecule has 0 atom stereocenters. The highest BCUT2D eigenvalue weighted by molar-refractivity contribution is 5.82. The lowest BCUT2D eigenvalue weighted by atomic mass is 10.2. The van der Waals surface area contributed by atoms with Crippen molar-refractivity contribution >= 4 is 22.5 Å². The van der Waals surface area contributed by atoms with E-state index in [1.54, 1.807) is 16.8 Å². The summed E-state index contributed by atoms with van der Waals surface area (Å²) in [4.78, 5) is 20.3. The molecule has 3 rings (SSSR count). The normalized spacial score (nSPS) is 10.9. The smallest absolute Gasteiger partial charge is 0.404 e. The van der Waals surface area contributed by atoms with E-state index in [0.29, 0.717) is 11.3 Å². The quantitative estimate of drug-likeness (QED) is 0.541. The average Bonchev–Trinajstić information content (AvgIpc) is 3.06. The van der Waals surface area contributed by atoms with Crippen molar-refractivity contribution in [3.05, 3.63) is 68.6 Å². The molecule has 0 bridgehead atoms. The van der Waals surface area contributed by atoms with Gasteiger partial charge in [-0.25, -0.2) is 0 Å². The standard InChI is InChI=1S/C13H9N3O5/c17-15(18)10-2-1-9-5-6-14(12(9)7-10)8-11-3-4-13(21-11)16(19)20/h1-7H,8H2. The zero-order chi connectivity index (χ0) is 15.0. The van der Waals surface area contributed by atoms with Gasteiger partial charge in [-0.2, -0.15) is 0 Å². The van der Waals surface area contributed by atoms with Gasteiger partial charge in [0.25, 0.3) is 5.69 Å². The molecule has 0 spiro atoms. The Kier molecular flexibility index (Phi) is 2.90. The van der Waals surface area contributed by atoms with Crippen molar-refractivity contribution in [2.75, 3.05) is 0 Å². The first-order chi connectivity index (χ1) is 10.0. The minimum Gasteiger partial charge on any atom is -0.404 e. The number of fused-ring (bicyclic) bond motifs is 1. The Morgan fingerprint density at radius 1 is 1.05 bits per heavy atom. The van der Waals surface area contributed by atoms with Crippen LogP contribution >= 0.6 is 0 Å². The van der Waals surface area contributed by atoms with E-state index in [4.69, 9.17) is 4.42 Å². The molecular weight excluding hydrogens is 278 g/mol. The number of nitro groups is 2. The van der Waals surface area contributed by atoms with Crippen LogP contribution in [0.15, 0.2) is 47.0 Å². The Balaban J connectivity index is 1.97. The lowest BCUT2D eigenvalue weighted by Crippen LogP contribution is -1.97. The molecule has 0 aliphatic carbocycles. The highest BCUT2D eigenvalue weighted by Gasteiger charge is 2.14. The molecule has 0 aliphatic rings. The molecule has 8 heteroatoms. The van der Waals surface area contributed by atoms with Crippen LogP contribution in [0.2, 0.25) is 0 Å². The largest absolute Gasteiger partial charge is 0.433 e. The number of non-ortho nitro benzene ring substituents is 1. The topological polar surface area (TPSA) is 104 Å². The van der Waals surface area contributed by atoms with Gasteiger partial charge in [-0.1, -0.05) is 0 Å². The lowest BCUT2D eigenvalue weighted by Gasteiger charge is -2.02. The molecule has 0 saturated heterocycles.